The quantitative estimate of drug-likeness (QED) is 0.504. The van der Waals surface area contributed by atoms with E-state index in [2.05, 4.69) is 54.0 Å². The minimum absolute atomic E-state index is 0.0393. The predicted molar refractivity (Wildman–Crippen MR) is 123 cm³/mol. The van der Waals surface area contributed by atoms with Gasteiger partial charge in [-0.15, -0.1) is 0 Å². The van der Waals surface area contributed by atoms with Gasteiger partial charge in [0.15, 0.2) is 0 Å². The van der Waals surface area contributed by atoms with Gasteiger partial charge in [0, 0.05) is 23.1 Å². The van der Waals surface area contributed by atoms with E-state index in [1.54, 1.807) is 0 Å². The number of hydrogen-bond acceptors (Lipinski definition) is 3. The molecule has 3 aromatic rings. The van der Waals surface area contributed by atoms with Gasteiger partial charge < -0.3 is 10.6 Å². The van der Waals surface area contributed by atoms with Crippen molar-refractivity contribution in [2.24, 2.45) is 5.92 Å². The van der Waals surface area contributed by atoms with Gasteiger partial charge in [0.2, 0.25) is 0 Å². The number of halogens is 1. The molecule has 0 radical (unpaired) electrons. The number of benzene rings is 3. The molecule has 1 aliphatic carbocycles. The number of anilines is 2. The Morgan fingerprint density at radius 3 is 2.27 bits per heavy atom. The van der Waals surface area contributed by atoms with Crippen LogP contribution in [-0.2, 0) is 4.79 Å². The third kappa shape index (κ3) is 3.50. The third-order valence-electron chi connectivity index (χ3n) is 6.07. The van der Waals surface area contributed by atoms with Crippen molar-refractivity contribution in [3.05, 3.63) is 106 Å². The molecule has 0 saturated heterocycles. The molecule has 30 heavy (non-hydrogen) atoms. The van der Waals surface area contributed by atoms with Gasteiger partial charge >= 0.3 is 0 Å². The molecule has 1 heterocycles. The summed E-state index contributed by atoms with van der Waals surface area (Å²) in [6, 6.07) is 24.3. The van der Waals surface area contributed by atoms with Crippen LogP contribution < -0.4 is 10.6 Å². The molecule has 3 aromatic carbocycles. The molecule has 0 saturated carbocycles. The summed E-state index contributed by atoms with van der Waals surface area (Å²) in [6.45, 7) is 2.08. The highest BCUT2D eigenvalue weighted by Gasteiger charge is 2.39. The van der Waals surface area contributed by atoms with Crippen molar-refractivity contribution >= 4 is 28.8 Å². The second-order valence-electron chi connectivity index (χ2n) is 8.13. The molecule has 0 fully saturated rings. The lowest BCUT2D eigenvalue weighted by molar-refractivity contribution is -0.122. The monoisotopic (exact) mass is 414 g/mol. The summed E-state index contributed by atoms with van der Waals surface area (Å²) in [5.74, 6) is 0.0203. The van der Waals surface area contributed by atoms with Crippen LogP contribution in [0.5, 0.6) is 0 Å². The lowest BCUT2D eigenvalue weighted by Crippen LogP contribution is -2.33. The Morgan fingerprint density at radius 1 is 0.867 bits per heavy atom. The summed E-state index contributed by atoms with van der Waals surface area (Å²) in [7, 11) is 0. The average Bonchev–Trinajstić information content (AvgIpc) is 2.91. The fourth-order valence-electron chi connectivity index (χ4n) is 4.48. The maximum absolute atomic E-state index is 13.5. The Labute approximate surface area is 181 Å². The number of carbonyl (C=O) groups excluding carboxylic acids is 1. The van der Waals surface area contributed by atoms with Gasteiger partial charge in [0.25, 0.3) is 0 Å². The first-order chi connectivity index (χ1) is 14.6. The Morgan fingerprint density at radius 2 is 1.53 bits per heavy atom. The van der Waals surface area contributed by atoms with E-state index in [9.17, 15) is 4.79 Å². The fourth-order valence-corrected chi connectivity index (χ4v) is 4.61. The number of aryl methyl sites for hydroxylation is 1. The van der Waals surface area contributed by atoms with Crippen LogP contribution in [0.2, 0.25) is 5.02 Å². The molecule has 150 valence electrons. The van der Waals surface area contributed by atoms with Crippen LogP contribution in [0.4, 0.5) is 11.4 Å². The number of hydrogen-bond donors (Lipinski definition) is 2. The van der Waals surface area contributed by atoms with E-state index in [4.69, 9.17) is 11.6 Å². The van der Waals surface area contributed by atoms with Gasteiger partial charge in [-0.05, 0) is 42.3 Å². The maximum atomic E-state index is 13.5. The van der Waals surface area contributed by atoms with Gasteiger partial charge in [0.05, 0.1) is 23.3 Å². The van der Waals surface area contributed by atoms with Crippen molar-refractivity contribution in [3.8, 4) is 0 Å². The van der Waals surface area contributed by atoms with Gasteiger partial charge in [-0.25, -0.2) is 0 Å². The van der Waals surface area contributed by atoms with Gasteiger partial charge in [-0.3, -0.25) is 4.79 Å². The molecular formula is C26H23ClN2O. The van der Waals surface area contributed by atoms with Crippen LogP contribution in [0.3, 0.4) is 0 Å². The molecule has 2 aliphatic rings. The molecule has 0 bridgehead atoms. The summed E-state index contributed by atoms with van der Waals surface area (Å²) >= 11 is 6.06. The Balaban J connectivity index is 1.61. The zero-order valence-electron chi connectivity index (χ0n) is 16.7. The lowest BCUT2D eigenvalue weighted by atomic mass is 9.76. The van der Waals surface area contributed by atoms with Crippen molar-refractivity contribution < 1.29 is 4.79 Å². The van der Waals surface area contributed by atoms with Crippen LogP contribution in [-0.4, -0.2) is 5.78 Å². The fraction of sp³-hybridized carbons (Fsp3) is 0.192. The van der Waals surface area contributed by atoms with E-state index < -0.39 is 0 Å². The minimum atomic E-state index is -0.261. The topological polar surface area (TPSA) is 41.1 Å². The van der Waals surface area contributed by atoms with Crippen LogP contribution in [0, 0.1) is 12.8 Å². The average molecular weight is 415 g/mol. The number of para-hydroxylation sites is 2. The number of rotatable bonds is 2. The van der Waals surface area contributed by atoms with Crippen molar-refractivity contribution in [3.63, 3.8) is 0 Å². The smallest absolute Gasteiger partial charge is 0.145 e. The largest absolute Gasteiger partial charge is 0.375 e. The third-order valence-corrected chi connectivity index (χ3v) is 6.32. The van der Waals surface area contributed by atoms with E-state index in [1.807, 2.05) is 42.5 Å². The van der Waals surface area contributed by atoms with Crippen molar-refractivity contribution in [2.75, 3.05) is 10.6 Å². The summed E-state index contributed by atoms with van der Waals surface area (Å²) in [5, 5.41) is 7.92. The Hall–Kier alpha value is -3.04. The predicted octanol–water partition coefficient (Wildman–Crippen LogP) is 6.48. The van der Waals surface area contributed by atoms with E-state index >= 15 is 0 Å². The van der Waals surface area contributed by atoms with E-state index in [0.29, 0.717) is 11.4 Å². The summed E-state index contributed by atoms with van der Waals surface area (Å²) in [4.78, 5) is 13.5. The van der Waals surface area contributed by atoms with Crippen LogP contribution in [0.15, 0.2) is 84.6 Å². The molecule has 1 aliphatic heterocycles. The number of ketones is 1. The zero-order valence-corrected chi connectivity index (χ0v) is 17.5. The first kappa shape index (κ1) is 19.0. The molecule has 0 unspecified atom stereocenters. The zero-order chi connectivity index (χ0) is 20.7. The highest BCUT2D eigenvalue weighted by Crippen LogP contribution is 2.44. The summed E-state index contributed by atoms with van der Waals surface area (Å²) in [6.07, 6.45) is 2.71. The second-order valence-corrected chi connectivity index (χ2v) is 8.57. The summed E-state index contributed by atoms with van der Waals surface area (Å²) in [5.41, 5.74) is 6.40. The Kier molecular flexibility index (Phi) is 4.84. The number of carbonyl (C=O) groups is 1. The second kappa shape index (κ2) is 7.66. The SMILES string of the molecule is Cc1ccc([C@H]2Nc3ccccc3NC3=C[C@H](c4ccc(Cl)cc4)CC(=O)[C@H]32)cc1. The molecule has 0 spiro atoms. The molecule has 3 nitrogen and oxygen atoms in total. The molecular weight excluding hydrogens is 392 g/mol. The first-order valence-electron chi connectivity index (χ1n) is 10.3. The first-order valence-corrected chi connectivity index (χ1v) is 10.7. The standard InChI is InChI=1S/C26H23ClN2O/c1-16-6-8-18(9-7-16)26-25-23(28-21-4-2-3-5-22(21)29-26)14-19(15-24(25)30)17-10-12-20(27)13-11-17/h2-14,19,25-26,28-29H,15H2,1H3/t19-,25-,26+/m0/s1. The lowest BCUT2D eigenvalue weighted by Gasteiger charge is -2.32. The number of fused-ring (bicyclic) bond motifs is 2. The van der Waals surface area contributed by atoms with Crippen molar-refractivity contribution in [1.82, 2.24) is 0 Å². The van der Waals surface area contributed by atoms with Gasteiger partial charge in [-0.2, -0.15) is 0 Å². The van der Waals surface area contributed by atoms with E-state index in [1.165, 1.54) is 5.56 Å². The number of allylic oxidation sites excluding steroid dienone is 1. The molecule has 0 amide bonds. The molecule has 5 rings (SSSR count). The minimum Gasteiger partial charge on any atom is -0.375 e. The number of Topliss-reactive ketones (excluding diaryl/α,β-unsaturated/α-hetero) is 1. The van der Waals surface area contributed by atoms with Crippen LogP contribution in [0.1, 0.15) is 35.1 Å². The van der Waals surface area contributed by atoms with Crippen LogP contribution >= 0.6 is 11.6 Å². The van der Waals surface area contributed by atoms with Gasteiger partial charge in [-0.1, -0.05) is 71.8 Å². The van der Waals surface area contributed by atoms with E-state index in [0.717, 1.165) is 28.2 Å². The maximum Gasteiger partial charge on any atom is 0.145 e. The normalized spacial score (nSPS) is 22.7. The van der Waals surface area contributed by atoms with E-state index in [-0.39, 0.29) is 23.7 Å². The number of nitrogens with one attached hydrogen (secondary N) is 2. The molecule has 2 N–H and O–H groups in total. The molecule has 4 heteroatoms. The Bertz CT molecular complexity index is 1120. The highest BCUT2D eigenvalue weighted by atomic mass is 35.5. The molecule has 0 aromatic heterocycles. The van der Waals surface area contributed by atoms with Crippen LogP contribution in [0.25, 0.3) is 0 Å². The highest BCUT2D eigenvalue weighted by molar-refractivity contribution is 6.30. The van der Waals surface area contributed by atoms with Crippen molar-refractivity contribution in [2.45, 2.75) is 25.3 Å². The molecule has 3 atom stereocenters. The summed E-state index contributed by atoms with van der Waals surface area (Å²) < 4.78 is 0. The van der Waals surface area contributed by atoms with Gasteiger partial charge in [0.1, 0.15) is 5.78 Å². The van der Waals surface area contributed by atoms with Crippen molar-refractivity contribution in [1.29, 1.82) is 0 Å².